The third-order valence-electron chi connectivity index (χ3n) is 5.01. The van der Waals surface area contributed by atoms with Crippen LogP contribution < -0.4 is 11.1 Å². The minimum atomic E-state index is -0.374. The summed E-state index contributed by atoms with van der Waals surface area (Å²) in [5.41, 5.74) is 8.06. The lowest BCUT2D eigenvalue weighted by atomic mass is 9.57. The number of nitrogens with one attached hydrogen (secondary N) is 1. The van der Waals surface area contributed by atoms with Gasteiger partial charge in [-0.2, -0.15) is 0 Å². The Morgan fingerprint density at radius 3 is 2.90 bits per heavy atom. The maximum absolute atomic E-state index is 11.4. The summed E-state index contributed by atoms with van der Waals surface area (Å²) in [5.74, 6) is 0.197. The standard InChI is InChI=1S/C16H22N2O2/c1-9-10(15(17)19)5-4-6-12(9)18-13-11-7-8-20-14(11)16(13,2)3/h4-6,11,13-14,18H,7-8H2,1-3H3,(H2,17,19). The summed E-state index contributed by atoms with van der Waals surface area (Å²) < 4.78 is 5.81. The van der Waals surface area contributed by atoms with Gasteiger partial charge in [-0.1, -0.05) is 19.9 Å². The second-order valence-corrected chi connectivity index (χ2v) is 6.53. The van der Waals surface area contributed by atoms with Crippen molar-refractivity contribution in [3.8, 4) is 0 Å². The third-order valence-corrected chi connectivity index (χ3v) is 5.01. The van der Waals surface area contributed by atoms with E-state index in [0.29, 0.717) is 23.6 Å². The van der Waals surface area contributed by atoms with Crippen LogP contribution in [0.1, 0.15) is 36.2 Å². The molecule has 3 rings (SSSR count). The molecule has 2 fully saturated rings. The zero-order valence-corrected chi connectivity index (χ0v) is 12.3. The van der Waals surface area contributed by atoms with Gasteiger partial charge >= 0.3 is 0 Å². The predicted molar refractivity (Wildman–Crippen MR) is 78.7 cm³/mol. The molecule has 0 radical (unpaired) electrons. The van der Waals surface area contributed by atoms with Crippen LogP contribution in [0.3, 0.4) is 0 Å². The topological polar surface area (TPSA) is 64.3 Å². The first-order chi connectivity index (χ1) is 9.43. The van der Waals surface area contributed by atoms with E-state index in [1.54, 1.807) is 6.07 Å². The van der Waals surface area contributed by atoms with Crippen molar-refractivity contribution in [2.45, 2.75) is 39.3 Å². The molecular formula is C16H22N2O2. The van der Waals surface area contributed by atoms with E-state index in [-0.39, 0.29) is 11.3 Å². The molecular weight excluding hydrogens is 252 g/mol. The van der Waals surface area contributed by atoms with Crippen molar-refractivity contribution >= 4 is 11.6 Å². The van der Waals surface area contributed by atoms with Crippen LogP contribution in [0.5, 0.6) is 0 Å². The van der Waals surface area contributed by atoms with Gasteiger partial charge in [0.15, 0.2) is 0 Å². The van der Waals surface area contributed by atoms with Gasteiger partial charge in [0.25, 0.3) is 0 Å². The number of rotatable bonds is 3. The molecule has 3 atom stereocenters. The molecule has 0 spiro atoms. The summed E-state index contributed by atoms with van der Waals surface area (Å²) in [6.45, 7) is 7.28. The van der Waals surface area contributed by atoms with E-state index < -0.39 is 0 Å². The smallest absolute Gasteiger partial charge is 0.249 e. The van der Waals surface area contributed by atoms with Gasteiger partial charge in [0.05, 0.1) is 6.10 Å². The number of carbonyl (C=O) groups is 1. The van der Waals surface area contributed by atoms with Gasteiger partial charge in [0.2, 0.25) is 5.91 Å². The van der Waals surface area contributed by atoms with Crippen LogP contribution >= 0.6 is 0 Å². The summed E-state index contributed by atoms with van der Waals surface area (Å²) >= 11 is 0. The Hall–Kier alpha value is -1.55. The molecule has 1 heterocycles. The molecule has 3 N–H and O–H groups in total. The first-order valence-electron chi connectivity index (χ1n) is 7.20. The molecule has 1 saturated heterocycles. The summed E-state index contributed by atoms with van der Waals surface area (Å²) in [6.07, 6.45) is 1.47. The zero-order chi connectivity index (χ0) is 14.5. The van der Waals surface area contributed by atoms with E-state index in [4.69, 9.17) is 10.5 Å². The molecule has 1 aromatic carbocycles. The van der Waals surface area contributed by atoms with E-state index in [1.807, 2.05) is 19.1 Å². The number of amides is 1. The fourth-order valence-corrected chi connectivity index (χ4v) is 3.84. The lowest BCUT2D eigenvalue weighted by Gasteiger charge is -2.55. The number of fused-ring (bicyclic) bond motifs is 1. The highest BCUT2D eigenvalue weighted by molar-refractivity contribution is 5.95. The summed E-state index contributed by atoms with van der Waals surface area (Å²) in [4.78, 5) is 11.4. The first kappa shape index (κ1) is 13.4. The largest absolute Gasteiger partial charge is 0.381 e. The van der Waals surface area contributed by atoms with Crippen molar-refractivity contribution in [1.29, 1.82) is 0 Å². The number of benzene rings is 1. The second-order valence-electron chi connectivity index (χ2n) is 6.53. The number of ether oxygens (including phenoxy) is 1. The number of hydrogen-bond donors (Lipinski definition) is 2. The molecule has 3 unspecified atom stereocenters. The van der Waals surface area contributed by atoms with Gasteiger partial charge < -0.3 is 15.8 Å². The van der Waals surface area contributed by atoms with Crippen LogP contribution in [0, 0.1) is 18.3 Å². The number of anilines is 1. The van der Waals surface area contributed by atoms with Crippen molar-refractivity contribution in [1.82, 2.24) is 0 Å². The highest BCUT2D eigenvalue weighted by atomic mass is 16.5. The first-order valence-corrected chi connectivity index (χ1v) is 7.20. The van der Waals surface area contributed by atoms with Gasteiger partial charge in [-0.05, 0) is 31.0 Å². The summed E-state index contributed by atoms with van der Waals surface area (Å²) in [7, 11) is 0. The van der Waals surface area contributed by atoms with Gasteiger partial charge in [-0.25, -0.2) is 0 Å². The monoisotopic (exact) mass is 274 g/mol. The van der Waals surface area contributed by atoms with Crippen LogP contribution in [-0.2, 0) is 4.74 Å². The molecule has 0 bridgehead atoms. The van der Waals surface area contributed by atoms with E-state index in [2.05, 4.69) is 19.2 Å². The van der Waals surface area contributed by atoms with Crippen molar-refractivity contribution in [3.05, 3.63) is 29.3 Å². The molecule has 108 valence electrons. The Labute approximate surface area is 119 Å². The summed E-state index contributed by atoms with van der Waals surface area (Å²) in [6, 6.07) is 6.05. The molecule has 1 aliphatic carbocycles. The predicted octanol–water partition coefficient (Wildman–Crippen LogP) is 2.32. The van der Waals surface area contributed by atoms with Crippen molar-refractivity contribution < 1.29 is 9.53 Å². The Morgan fingerprint density at radius 2 is 2.20 bits per heavy atom. The normalized spacial score (nSPS) is 30.4. The number of nitrogens with two attached hydrogens (primary N) is 1. The van der Waals surface area contributed by atoms with E-state index in [1.165, 1.54) is 0 Å². The number of primary amides is 1. The van der Waals surface area contributed by atoms with Crippen molar-refractivity contribution in [3.63, 3.8) is 0 Å². The van der Waals surface area contributed by atoms with Crippen LogP contribution in [0.4, 0.5) is 5.69 Å². The maximum atomic E-state index is 11.4. The van der Waals surface area contributed by atoms with Crippen LogP contribution in [0.2, 0.25) is 0 Å². The molecule has 1 aromatic rings. The van der Waals surface area contributed by atoms with Crippen LogP contribution in [0.25, 0.3) is 0 Å². The van der Waals surface area contributed by atoms with Crippen molar-refractivity contribution in [2.75, 3.05) is 11.9 Å². The average Bonchev–Trinajstić information content (AvgIpc) is 2.83. The second kappa shape index (κ2) is 4.48. The lowest BCUT2D eigenvalue weighted by molar-refractivity contribution is -0.0923. The average molecular weight is 274 g/mol. The Bertz CT molecular complexity index is 553. The van der Waals surface area contributed by atoms with E-state index in [9.17, 15) is 4.79 Å². The van der Waals surface area contributed by atoms with Gasteiger partial charge in [-0.15, -0.1) is 0 Å². The fourth-order valence-electron chi connectivity index (χ4n) is 3.84. The Kier molecular flexibility index (Phi) is 3.01. The van der Waals surface area contributed by atoms with Gasteiger partial charge in [0.1, 0.15) is 0 Å². The van der Waals surface area contributed by atoms with E-state index in [0.717, 1.165) is 24.3 Å². The molecule has 20 heavy (non-hydrogen) atoms. The molecule has 4 heteroatoms. The molecule has 1 saturated carbocycles. The van der Waals surface area contributed by atoms with Crippen LogP contribution in [-0.4, -0.2) is 24.7 Å². The van der Waals surface area contributed by atoms with E-state index >= 15 is 0 Å². The number of hydrogen-bond acceptors (Lipinski definition) is 3. The minimum Gasteiger partial charge on any atom is -0.381 e. The SMILES string of the molecule is Cc1c(NC2C3CCOC3C2(C)C)cccc1C(N)=O. The molecule has 1 amide bonds. The van der Waals surface area contributed by atoms with Gasteiger partial charge in [-0.3, -0.25) is 4.79 Å². The molecule has 4 nitrogen and oxygen atoms in total. The Morgan fingerprint density at radius 1 is 1.45 bits per heavy atom. The van der Waals surface area contributed by atoms with Crippen LogP contribution in [0.15, 0.2) is 18.2 Å². The lowest BCUT2D eigenvalue weighted by Crippen LogP contribution is -2.63. The maximum Gasteiger partial charge on any atom is 0.249 e. The fraction of sp³-hybridized carbons (Fsp3) is 0.562. The van der Waals surface area contributed by atoms with Gasteiger partial charge in [0, 0.05) is 35.2 Å². The highest BCUT2D eigenvalue weighted by Gasteiger charge is 2.59. The Balaban J connectivity index is 1.85. The number of carbonyl (C=O) groups excluding carboxylic acids is 1. The highest BCUT2D eigenvalue weighted by Crippen LogP contribution is 2.53. The zero-order valence-electron chi connectivity index (χ0n) is 12.3. The molecule has 0 aromatic heterocycles. The third kappa shape index (κ3) is 1.82. The minimum absolute atomic E-state index is 0.121. The van der Waals surface area contributed by atoms with Crippen molar-refractivity contribution in [2.24, 2.45) is 17.1 Å². The quantitative estimate of drug-likeness (QED) is 0.889. The summed E-state index contributed by atoms with van der Waals surface area (Å²) in [5, 5.41) is 3.62. The molecule has 2 aliphatic rings. The molecule has 1 aliphatic heterocycles.